The highest BCUT2D eigenvalue weighted by Gasteiger charge is 2.30. The van der Waals surface area contributed by atoms with E-state index in [0.717, 1.165) is 25.7 Å². The van der Waals surface area contributed by atoms with E-state index in [1.807, 2.05) is 0 Å². The van der Waals surface area contributed by atoms with Crippen molar-refractivity contribution < 1.29 is 0 Å². The highest BCUT2D eigenvalue weighted by atomic mass is 32.1. The van der Waals surface area contributed by atoms with Gasteiger partial charge in [-0.05, 0) is 60.3 Å². The van der Waals surface area contributed by atoms with Crippen LogP contribution in [0.3, 0.4) is 0 Å². The van der Waals surface area contributed by atoms with Crippen LogP contribution in [-0.4, -0.2) is 12.6 Å². The lowest BCUT2D eigenvalue weighted by Crippen LogP contribution is -2.27. The average molecular weight is 300 g/mol. The molecule has 3 rings (SSSR count). The van der Waals surface area contributed by atoms with Gasteiger partial charge >= 0.3 is 0 Å². The summed E-state index contributed by atoms with van der Waals surface area (Å²) in [5, 5.41) is 7.93. The molecule has 1 aliphatic rings. The van der Waals surface area contributed by atoms with Crippen molar-refractivity contribution in [3.63, 3.8) is 0 Å². The van der Waals surface area contributed by atoms with Gasteiger partial charge in [0.2, 0.25) is 0 Å². The van der Waals surface area contributed by atoms with Crippen molar-refractivity contribution >= 4 is 17.0 Å². The summed E-state index contributed by atoms with van der Waals surface area (Å²) in [4.78, 5) is 2.61. The van der Waals surface area contributed by atoms with Crippen LogP contribution in [0.15, 0.2) is 35.0 Å². The van der Waals surface area contributed by atoms with Crippen molar-refractivity contribution in [1.29, 1.82) is 0 Å². The van der Waals surface area contributed by atoms with Crippen molar-refractivity contribution in [3.05, 3.63) is 51.7 Å². The maximum atomic E-state index is 3.48. The van der Waals surface area contributed by atoms with Crippen molar-refractivity contribution in [2.24, 2.45) is 0 Å². The number of nitrogens with one attached hydrogen (secondary N) is 1. The number of nitrogens with zero attached hydrogens (tertiary/aromatic N) is 1. The second-order valence-electron chi connectivity index (χ2n) is 5.90. The van der Waals surface area contributed by atoms with Gasteiger partial charge in [-0.15, -0.1) is 0 Å². The lowest BCUT2D eigenvalue weighted by molar-refractivity contribution is 0.714. The van der Waals surface area contributed by atoms with E-state index in [9.17, 15) is 0 Å². The van der Waals surface area contributed by atoms with E-state index in [1.54, 1.807) is 11.3 Å². The molecule has 0 aliphatic heterocycles. The fourth-order valence-corrected chi connectivity index (χ4v) is 3.43. The molecule has 1 aromatic heterocycles. The van der Waals surface area contributed by atoms with Gasteiger partial charge in [-0.1, -0.05) is 24.6 Å². The van der Waals surface area contributed by atoms with E-state index in [1.165, 1.54) is 35.2 Å². The summed E-state index contributed by atoms with van der Waals surface area (Å²) in [5.74, 6) is 0. The summed E-state index contributed by atoms with van der Waals surface area (Å²) in [6.07, 6.45) is 2.66. The SMILES string of the molecule is CCNCc1cc(C)ccc1N(Cc1ccsc1)C1CC1. The fourth-order valence-electron chi connectivity index (χ4n) is 2.77. The molecule has 21 heavy (non-hydrogen) atoms. The van der Waals surface area contributed by atoms with Crippen LogP contribution < -0.4 is 10.2 Å². The third-order valence-electron chi connectivity index (χ3n) is 4.03. The van der Waals surface area contributed by atoms with Crippen molar-refractivity contribution in [3.8, 4) is 0 Å². The number of thiophene rings is 1. The Hall–Kier alpha value is -1.32. The molecule has 1 heterocycles. The van der Waals surface area contributed by atoms with Gasteiger partial charge in [0, 0.05) is 24.8 Å². The van der Waals surface area contributed by atoms with Gasteiger partial charge in [0.1, 0.15) is 0 Å². The molecule has 2 nitrogen and oxygen atoms in total. The molecule has 1 aliphatic carbocycles. The molecule has 112 valence electrons. The number of benzene rings is 1. The Morgan fingerprint density at radius 3 is 2.81 bits per heavy atom. The standard InChI is InChI=1S/C18H24N2S/c1-3-19-11-16-10-14(2)4-7-18(16)20(17-5-6-17)12-15-8-9-21-13-15/h4,7-10,13,17,19H,3,5-6,11-12H2,1-2H3. The van der Waals surface area contributed by atoms with Crippen LogP contribution in [0.5, 0.6) is 0 Å². The van der Waals surface area contributed by atoms with Crippen LogP contribution >= 0.6 is 11.3 Å². The Bertz CT molecular complexity index is 573. The fraction of sp³-hybridized carbons (Fsp3) is 0.444. The third kappa shape index (κ3) is 3.66. The molecule has 2 aromatic rings. The number of anilines is 1. The van der Waals surface area contributed by atoms with Gasteiger partial charge in [0.15, 0.2) is 0 Å². The molecule has 1 aromatic carbocycles. The van der Waals surface area contributed by atoms with Crippen LogP contribution in [0, 0.1) is 6.92 Å². The summed E-state index contributed by atoms with van der Waals surface area (Å²) >= 11 is 1.79. The second-order valence-corrected chi connectivity index (χ2v) is 6.68. The predicted octanol–water partition coefficient (Wildman–Crippen LogP) is 4.34. The highest BCUT2D eigenvalue weighted by molar-refractivity contribution is 7.07. The number of hydrogen-bond acceptors (Lipinski definition) is 3. The second kappa shape index (κ2) is 6.63. The molecule has 0 radical (unpaired) electrons. The van der Waals surface area contributed by atoms with Crippen molar-refractivity contribution in [2.45, 2.75) is 45.8 Å². The van der Waals surface area contributed by atoms with Gasteiger partial charge in [0.05, 0.1) is 0 Å². The summed E-state index contributed by atoms with van der Waals surface area (Å²) in [7, 11) is 0. The van der Waals surface area contributed by atoms with Crippen LogP contribution in [0.25, 0.3) is 0 Å². The molecule has 0 spiro atoms. The van der Waals surface area contributed by atoms with Gasteiger partial charge in [-0.2, -0.15) is 11.3 Å². The summed E-state index contributed by atoms with van der Waals surface area (Å²) in [6.45, 7) is 7.36. The molecule has 0 unspecified atom stereocenters. The zero-order valence-electron chi connectivity index (χ0n) is 12.9. The lowest BCUT2D eigenvalue weighted by atomic mass is 10.1. The quantitative estimate of drug-likeness (QED) is 0.818. The van der Waals surface area contributed by atoms with E-state index in [0.29, 0.717) is 0 Å². The first-order valence-electron chi connectivity index (χ1n) is 7.86. The molecule has 1 N–H and O–H groups in total. The minimum Gasteiger partial charge on any atom is -0.364 e. The Balaban J connectivity index is 1.87. The Morgan fingerprint density at radius 1 is 1.29 bits per heavy atom. The Kier molecular flexibility index (Phi) is 4.61. The van der Waals surface area contributed by atoms with Gasteiger partial charge in [-0.3, -0.25) is 0 Å². The highest BCUT2D eigenvalue weighted by Crippen LogP contribution is 2.35. The minimum absolute atomic E-state index is 0.730. The topological polar surface area (TPSA) is 15.3 Å². The average Bonchev–Trinajstić information content (AvgIpc) is 3.20. The maximum absolute atomic E-state index is 3.48. The normalized spacial score (nSPS) is 14.4. The van der Waals surface area contributed by atoms with Crippen LogP contribution in [0.2, 0.25) is 0 Å². The molecule has 3 heteroatoms. The van der Waals surface area contributed by atoms with E-state index in [4.69, 9.17) is 0 Å². The molecule has 0 bridgehead atoms. The molecular weight excluding hydrogens is 276 g/mol. The number of hydrogen-bond donors (Lipinski definition) is 1. The van der Waals surface area contributed by atoms with E-state index >= 15 is 0 Å². The van der Waals surface area contributed by atoms with Gasteiger partial charge in [0.25, 0.3) is 0 Å². The largest absolute Gasteiger partial charge is 0.364 e. The Labute approximate surface area is 131 Å². The summed E-state index contributed by atoms with van der Waals surface area (Å²) in [5.41, 5.74) is 5.62. The van der Waals surface area contributed by atoms with Crippen molar-refractivity contribution in [2.75, 3.05) is 11.4 Å². The first-order chi connectivity index (χ1) is 10.3. The van der Waals surface area contributed by atoms with Crippen LogP contribution in [0.1, 0.15) is 36.5 Å². The first kappa shape index (κ1) is 14.6. The number of rotatable bonds is 7. The third-order valence-corrected chi connectivity index (χ3v) is 4.76. The Morgan fingerprint density at radius 2 is 2.14 bits per heavy atom. The zero-order valence-corrected chi connectivity index (χ0v) is 13.7. The maximum Gasteiger partial charge on any atom is 0.0440 e. The number of aryl methyl sites for hydroxylation is 1. The monoisotopic (exact) mass is 300 g/mol. The van der Waals surface area contributed by atoms with Gasteiger partial charge < -0.3 is 10.2 Å². The predicted molar refractivity (Wildman–Crippen MR) is 92.1 cm³/mol. The molecule has 1 fully saturated rings. The minimum atomic E-state index is 0.730. The smallest absolute Gasteiger partial charge is 0.0440 e. The zero-order chi connectivity index (χ0) is 14.7. The lowest BCUT2D eigenvalue weighted by Gasteiger charge is -2.27. The van der Waals surface area contributed by atoms with Gasteiger partial charge in [-0.25, -0.2) is 0 Å². The van der Waals surface area contributed by atoms with E-state index in [-0.39, 0.29) is 0 Å². The summed E-state index contributed by atoms with van der Waals surface area (Å²) < 4.78 is 0. The van der Waals surface area contributed by atoms with Crippen molar-refractivity contribution in [1.82, 2.24) is 5.32 Å². The molecule has 0 amide bonds. The molecule has 1 saturated carbocycles. The molecular formula is C18H24N2S. The van der Waals surface area contributed by atoms with Crippen LogP contribution in [-0.2, 0) is 13.1 Å². The molecule has 0 saturated heterocycles. The first-order valence-corrected chi connectivity index (χ1v) is 8.80. The van der Waals surface area contributed by atoms with Crippen LogP contribution in [0.4, 0.5) is 5.69 Å². The van der Waals surface area contributed by atoms with E-state index < -0.39 is 0 Å². The summed E-state index contributed by atoms with van der Waals surface area (Å²) in [6, 6.07) is 9.87. The molecule has 0 atom stereocenters. The van der Waals surface area contributed by atoms with E-state index in [2.05, 4.69) is 59.1 Å².